The average Bonchev–Trinajstić information content (AvgIpc) is 2.77. The van der Waals surface area contributed by atoms with Gasteiger partial charge in [-0.05, 0) is 23.0 Å². The summed E-state index contributed by atoms with van der Waals surface area (Å²) in [5.74, 6) is 0.182. The Morgan fingerprint density at radius 2 is 1.76 bits per heavy atom. The minimum absolute atomic E-state index is 0.0240. The molecule has 2 amide bonds. The quantitative estimate of drug-likeness (QED) is 0.892. The van der Waals surface area contributed by atoms with Crippen molar-refractivity contribution in [3.05, 3.63) is 35.4 Å². The molecule has 0 radical (unpaired) electrons. The normalized spacial score (nSPS) is 21.3. The third-order valence-electron chi connectivity index (χ3n) is 4.17. The van der Waals surface area contributed by atoms with Crippen molar-refractivity contribution in [2.24, 2.45) is 11.8 Å². The fraction of sp³-hybridized carbons (Fsp3) is 0.500. The van der Waals surface area contributed by atoms with E-state index in [1.165, 1.54) is 0 Å². The highest BCUT2D eigenvalue weighted by molar-refractivity contribution is 5.75. The maximum Gasteiger partial charge on any atom is 0.317 e. The van der Waals surface area contributed by atoms with Crippen LogP contribution < -0.4 is 5.32 Å². The number of benzene rings is 1. The third kappa shape index (κ3) is 3.97. The predicted octanol–water partition coefficient (Wildman–Crippen LogP) is 2.11. The van der Waals surface area contributed by atoms with Crippen LogP contribution in [-0.4, -0.2) is 35.1 Å². The number of aliphatic carboxylic acids is 1. The summed E-state index contributed by atoms with van der Waals surface area (Å²) < 4.78 is 0. The second kappa shape index (κ2) is 6.61. The zero-order chi connectivity index (χ0) is 15.4. The van der Waals surface area contributed by atoms with Crippen molar-refractivity contribution in [3.63, 3.8) is 0 Å². The van der Waals surface area contributed by atoms with Crippen LogP contribution in [0.2, 0.25) is 0 Å². The van der Waals surface area contributed by atoms with Crippen molar-refractivity contribution in [1.29, 1.82) is 0 Å². The highest BCUT2D eigenvalue weighted by Crippen LogP contribution is 2.22. The molecule has 0 saturated carbocycles. The first-order chi connectivity index (χ1) is 9.97. The Bertz CT molecular complexity index is 520. The largest absolute Gasteiger partial charge is 0.481 e. The van der Waals surface area contributed by atoms with Crippen LogP contribution in [0.3, 0.4) is 0 Å². The van der Waals surface area contributed by atoms with Gasteiger partial charge in [-0.1, -0.05) is 38.1 Å². The first-order valence-electron chi connectivity index (χ1n) is 7.28. The molecule has 5 nitrogen and oxygen atoms in total. The number of rotatable bonds is 4. The molecule has 0 aromatic heterocycles. The number of nitrogens with zero attached hydrogens (tertiary/aromatic N) is 1. The number of carbonyl (C=O) groups is 2. The summed E-state index contributed by atoms with van der Waals surface area (Å²) in [6.45, 7) is 6.23. The zero-order valence-electron chi connectivity index (χ0n) is 12.5. The number of likely N-dealkylation sites (tertiary alicyclic amines) is 1. The van der Waals surface area contributed by atoms with Gasteiger partial charge in [-0.2, -0.15) is 0 Å². The molecule has 5 heteroatoms. The minimum atomic E-state index is -0.865. The molecular weight excluding hydrogens is 268 g/mol. The van der Waals surface area contributed by atoms with Crippen molar-refractivity contribution >= 4 is 12.0 Å². The number of carboxylic acids is 1. The topological polar surface area (TPSA) is 69.6 Å². The van der Waals surface area contributed by atoms with Gasteiger partial charge >= 0.3 is 12.0 Å². The Balaban J connectivity index is 1.94. The molecule has 114 valence electrons. The Hall–Kier alpha value is -2.04. The maximum absolute atomic E-state index is 12.1. The molecule has 0 spiro atoms. The van der Waals surface area contributed by atoms with Gasteiger partial charge in [0.1, 0.15) is 0 Å². The van der Waals surface area contributed by atoms with E-state index in [-0.39, 0.29) is 12.5 Å². The van der Waals surface area contributed by atoms with E-state index in [9.17, 15) is 9.59 Å². The van der Waals surface area contributed by atoms with E-state index < -0.39 is 5.97 Å². The minimum Gasteiger partial charge on any atom is -0.481 e. The fourth-order valence-electron chi connectivity index (χ4n) is 2.64. The second-order valence-electron chi connectivity index (χ2n) is 5.86. The summed E-state index contributed by atoms with van der Waals surface area (Å²) in [7, 11) is 0. The number of amides is 2. The molecule has 2 N–H and O–H groups in total. The van der Waals surface area contributed by atoms with Crippen molar-refractivity contribution in [3.8, 4) is 0 Å². The lowest BCUT2D eigenvalue weighted by Crippen LogP contribution is -2.38. The smallest absolute Gasteiger partial charge is 0.317 e. The molecule has 2 unspecified atom stereocenters. The number of carbonyl (C=O) groups excluding carboxylic acids is 1. The summed E-state index contributed by atoms with van der Waals surface area (Å²) in [6, 6.07) is 7.24. The summed E-state index contributed by atoms with van der Waals surface area (Å²) in [6.07, 6.45) is -0.0240. The SMILES string of the molecule is CC1CN(C(=O)NCc2ccccc2CC(=O)O)CC1C. The Kier molecular flexibility index (Phi) is 4.83. The molecular formula is C16H22N2O3. The Morgan fingerprint density at radius 3 is 2.33 bits per heavy atom. The van der Waals surface area contributed by atoms with Gasteiger partial charge in [-0.25, -0.2) is 4.79 Å². The monoisotopic (exact) mass is 290 g/mol. The van der Waals surface area contributed by atoms with Crippen molar-refractivity contribution in [2.75, 3.05) is 13.1 Å². The Labute approximate surface area is 125 Å². The van der Waals surface area contributed by atoms with Crippen LogP contribution >= 0.6 is 0 Å². The van der Waals surface area contributed by atoms with E-state index in [4.69, 9.17) is 5.11 Å². The number of carboxylic acid groups (broad SMARTS) is 1. The molecule has 1 saturated heterocycles. The zero-order valence-corrected chi connectivity index (χ0v) is 12.5. The van der Waals surface area contributed by atoms with E-state index >= 15 is 0 Å². The summed E-state index contributed by atoms with van der Waals surface area (Å²) in [5.41, 5.74) is 1.60. The van der Waals surface area contributed by atoms with E-state index in [2.05, 4.69) is 19.2 Å². The van der Waals surface area contributed by atoms with E-state index in [0.29, 0.717) is 18.4 Å². The summed E-state index contributed by atoms with van der Waals surface area (Å²) in [4.78, 5) is 24.8. The highest BCUT2D eigenvalue weighted by Gasteiger charge is 2.29. The second-order valence-corrected chi connectivity index (χ2v) is 5.86. The van der Waals surface area contributed by atoms with E-state index in [1.807, 2.05) is 23.1 Å². The van der Waals surface area contributed by atoms with Gasteiger partial charge in [0.15, 0.2) is 0 Å². The van der Waals surface area contributed by atoms with E-state index in [1.54, 1.807) is 6.07 Å². The van der Waals surface area contributed by atoms with Crippen molar-refractivity contribution < 1.29 is 14.7 Å². The van der Waals surface area contributed by atoms with Crippen LogP contribution in [0.4, 0.5) is 4.79 Å². The molecule has 0 bridgehead atoms. The first kappa shape index (κ1) is 15.4. The van der Waals surface area contributed by atoms with Crippen LogP contribution in [0.1, 0.15) is 25.0 Å². The molecule has 1 heterocycles. The molecule has 2 rings (SSSR count). The lowest BCUT2D eigenvalue weighted by molar-refractivity contribution is -0.136. The van der Waals surface area contributed by atoms with Crippen LogP contribution in [0.5, 0.6) is 0 Å². The molecule has 2 atom stereocenters. The standard InChI is InChI=1S/C16H22N2O3/c1-11-9-18(10-12(11)2)16(21)17-8-14-6-4-3-5-13(14)7-15(19)20/h3-6,11-12H,7-10H2,1-2H3,(H,17,21)(H,19,20). The van der Waals surface area contributed by atoms with Gasteiger partial charge in [0.2, 0.25) is 0 Å². The van der Waals surface area contributed by atoms with Gasteiger partial charge in [0.25, 0.3) is 0 Å². The molecule has 1 aromatic rings. The molecule has 1 aromatic carbocycles. The molecule has 1 aliphatic rings. The van der Waals surface area contributed by atoms with Gasteiger partial charge in [0, 0.05) is 19.6 Å². The molecule has 1 aliphatic heterocycles. The fourth-order valence-corrected chi connectivity index (χ4v) is 2.64. The number of hydrogen-bond donors (Lipinski definition) is 2. The maximum atomic E-state index is 12.1. The molecule has 1 fully saturated rings. The molecule has 0 aliphatic carbocycles. The number of urea groups is 1. The lowest BCUT2D eigenvalue weighted by atomic mass is 10.0. The van der Waals surface area contributed by atoms with Crippen LogP contribution in [-0.2, 0) is 17.8 Å². The van der Waals surface area contributed by atoms with Crippen LogP contribution in [0.15, 0.2) is 24.3 Å². The van der Waals surface area contributed by atoms with Crippen LogP contribution in [0.25, 0.3) is 0 Å². The van der Waals surface area contributed by atoms with Crippen molar-refractivity contribution in [1.82, 2.24) is 10.2 Å². The van der Waals surface area contributed by atoms with Gasteiger partial charge < -0.3 is 15.3 Å². The van der Waals surface area contributed by atoms with Crippen molar-refractivity contribution in [2.45, 2.75) is 26.8 Å². The summed E-state index contributed by atoms with van der Waals surface area (Å²) in [5, 5.41) is 11.8. The third-order valence-corrected chi connectivity index (χ3v) is 4.17. The predicted molar refractivity (Wildman–Crippen MR) is 79.9 cm³/mol. The highest BCUT2D eigenvalue weighted by atomic mass is 16.4. The lowest BCUT2D eigenvalue weighted by Gasteiger charge is -2.17. The van der Waals surface area contributed by atoms with Gasteiger partial charge in [-0.3, -0.25) is 4.79 Å². The first-order valence-corrected chi connectivity index (χ1v) is 7.28. The van der Waals surface area contributed by atoms with E-state index in [0.717, 1.165) is 24.2 Å². The number of nitrogens with one attached hydrogen (secondary N) is 1. The van der Waals surface area contributed by atoms with Gasteiger partial charge in [0.05, 0.1) is 6.42 Å². The van der Waals surface area contributed by atoms with Crippen LogP contribution in [0, 0.1) is 11.8 Å². The Morgan fingerprint density at radius 1 is 1.19 bits per heavy atom. The number of hydrogen-bond acceptors (Lipinski definition) is 2. The average molecular weight is 290 g/mol. The summed E-state index contributed by atoms with van der Waals surface area (Å²) >= 11 is 0. The molecule has 21 heavy (non-hydrogen) atoms. The van der Waals surface area contributed by atoms with Gasteiger partial charge in [-0.15, -0.1) is 0 Å².